The summed E-state index contributed by atoms with van der Waals surface area (Å²) in [7, 11) is 0. The molecule has 0 saturated carbocycles. The highest BCUT2D eigenvalue weighted by Crippen LogP contribution is 2.27. The molecule has 9 nitrogen and oxygen atoms in total. The van der Waals surface area contributed by atoms with Crippen LogP contribution in [0, 0.1) is 10.1 Å². The number of nitro groups is 1. The van der Waals surface area contributed by atoms with Gasteiger partial charge >= 0.3 is 18.2 Å². The lowest BCUT2D eigenvalue weighted by Gasteiger charge is -2.23. The third-order valence-electron chi connectivity index (χ3n) is 3.44. The number of benzene rings is 1. The molecule has 1 atom stereocenters. The van der Waals surface area contributed by atoms with Crippen molar-refractivity contribution >= 4 is 11.7 Å². The zero-order valence-corrected chi connectivity index (χ0v) is 12.9. The van der Waals surface area contributed by atoms with Crippen molar-refractivity contribution in [3.63, 3.8) is 0 Å². The molecule has 2 aromatic rings. The molecule has 0 spiro atoms. The molecule has 1 aromatic carbocycles. The predicted molar refractivity (Wildman–Crippen MR) is 78.8 cm³/mol. The van der Waals surface area contributed by atoms with Crippen LogP contribution in [0.5, 0.6) is 11.8 Å². The van der Waals surface area contributed by atoms with E-state index in [4.69, 9.17) is 4.74 Å². The predicted octanol–water partition coefficient (Wildman–Crippen LogP) is 1.88. The van der Waals surface area contributed by atoms with E-state index in [0.717, 1.165) is 12.3 Å². The van der Waals surface area contributed by atoms with Crippen LogP contribution in [0.15, 0.2) is 30.5 Å². The third-order valence-corrected chi connectivity index (χ3v) is 3.44. The molecular weight excluding hydrogens is 361 g/mol. The number of carbonyl (C=O) groups is 1. The van der Waals surface area contributed by atoms with Crippen molar-refractivity contribution in [3.05, 3.63) is 46.1 Å². The average Bonchev–Trinajstić information content (AvgIpc) is 2.97. The van der Waals surface area contributed by atoms with Gasteiger partial charge in [-0.05, 0) is 17.1 Å². The Kier molecular flexibility index (Phi) is 4.40. The van der Waals surface area contributed by atoms with Crippen LogP contribution in [-0.2, 0) is 6.54 Å². The number of hydrogen-bond donors (Lipinski definition) is 1. The number of aromatic nitrogens is 2. The van der Waals surface area contributed by atoms with Crippen molar-refractivity contribution < 1.29 is 32.4 Å². The second-order valence-electron chi connectivity index (χ2n) is 5.32. The van der Waals surface area contributed by atoms with Gasteiger partial charge < -0.3 is 24.9 Å². The van der Waals surface area contributed by atoms with E-state index in [-0.39, 0.29) is 24.7 Å². The van der Waals surface area contributed by atoms with Crippen LogP contribution < -0.4 is 14.8 Å². The van der Waals surface area contributed by atoms with Crippen LogP contribution in [0.3, 0.4) is 0 Å². The number of ether oxygens (including phenoxy) is 2. The number of alkyl halides is 3. The first-order valence-electron chi connectivity index (χ1n) is 7.23. The standard InChI is InChI=1S/C14H11F3N4O5/c15-14(16,17)26-10-4-2-1-3-9(10)12(22)18-8-5-20-6-11(21(23)24)19-13(20)25-7-8/h1-4,6,8H,5,7H2,(H,18,22)/t8-/m1/s1. The molecular formula is C14H11F3N4O5. The SMILES string of the molecule is O=C(N[C@H]1COc2nc([N+](=O)[O-])cn2C1)c1ccccc1OC(F)(F)F. The fraction of sp³-hybridized carbons (Fsp3) is 0.286. The highest BCUT2D eigenvalue weighted by atomic mass is 19.4. The maximum absolute atomic E-state index is 12.4. The van der Waals surface area contributed by atoms with Gasteiger partial charge in [-0.2, -0.15) is 0 Å². The summed E-state index contributed by atoms with van der Waals surface area (Å²) in [5.41, 5.74) is -0.299. The Hall–Kier alpha value is -3.31. The molecule has 1 aliphatic rings. The van der Waals surface area contributed by atoms with Crippen molar-refractivity contribution in [2.45, 2.75) is 18.9 Å². The Bertz CT molecular complexity index is 851. The number of nitrogens with one attached hydrogen (secondary N) is 1. The molecule has 138 valence electrons. The third kappa shape index (κ3) is 3.84. The van der Waals surface area contributed by atoms with E-state index in [1.165, 1.54) is 22.8 Å². The number of halogens is 3. The number of imidazole rings is 1. The van der Waals surface area contributed by atoms with Gasteiger partial charge in [-0.25, -0.2) is 0 Å². The molecule has 0 aliphatic carbocycles. The monoisotopic (exact) mass is 372 g/mol. The van der Waals surface area contributed by atoms with Gasteiger partial charge in [-0.15, -0.1) is 13.2 Å². The van der Waals surface area contributed by atoms with E-state index in [0.29, 0.717) is 0 Å². The van der Waals surface area contributed by atoms with Gasteiger partial charge in [0.1, 0.15) is 18.6 Å². The fourth-order valence-corrected chi connectivity index (χ4v) is 2.40. The van der Waals surface area contributed by atoms with Gasteiger partial charge in [0, 0.05) is 4.98 Å². The van der Waals surface area contributed by atoms with Crippen molar-refractivity contribution in [1.29, 1.82) is 0 Å². The van der Waals surface area contributed by atoms with Gasteiger partial charge in [-0.3, -0.25) is 9.36 Å². The molecule has 0 saturated heterocycles. The van der Waals surface area contributed by atoms with E-state index in [1.807, 2.05) is 0 Å². The molecule has 1 aliphatic heterocycles. The summed E-state index contributed by atoms with van der Waals surface area (Å²) < 4.78 is 47.7. The summed E-state index contributed by atoms with van der Waals surface area (Å²) in [4.78, 5) is 26.0. The van der Waals surface area contributed by atoms with Gasteiger partial charge in [0.05, 0.1) is 18.2 Å². The lowest BCUT2D eigenvalue weighted by Crippen LogP contribution is -2.44. The van der Waals surface area contributed by atoms with E-state index in [1.54, 1.807) is 0 Å². The maximum atomic E-state index is 12.4. The highest BCUT2D eigenvalue weighted by Gasteiger charge is 2.34. The maximum Gasteiger partial charge on any atom is 0.573 e. The zero-order valence-electron chi connectivity index (χ0n) is 12.9. The smallest absolute Gasteiger partial charge is 0.444 e. The summed E-state index contributed by atoms with van der Waals surface area (Å²) in [6.45, 7) is 0.0758. The molecule has 2 heterocycles. The lowest BCUT2D eigenvalue weighted by atomic mass is 10.1. The van der Waals surface area contributed by atoms with Gasteiger partial charge in [0.15, 0.2) is 0 Å². The largest absolute Gasteiger partial charge is 0.573 e. The van der Waals surface area contributed by atoms with Crippen LogP contribution in [0.1, 0.15) is 10.4 Å². The first-order chi connectivity index (χ1) is 12.2. The molecule has 1 amide bonds. The first kappa shape index (κ1) is 17.5. The van der Waals surface area contributed by atoms with E-state index >= 15 is 0 Å². The Morgan fingerprint density at radius 3 is 2.85 bits per heavy atom. The fourth-order valence-electron chi connectivity index (χ4n) is 2.40. The van der Waals surface area contributed by atoms with Crippen molar-refractivity contribution in [1.82, 2.24) is 14.9 Å². The Morgan fingerprint density at radius 1 is 1.42 bits per heavy atom. The van der Waals surface area contributed by atoms with Crippen LogP contribution in [-0.4, -0.2) is 39.4 Å². The highest BCUT2D eigenvalue weighted by molar-refractivity contribution is 5.97. The van der Waals surface area contributed by atoms with E-state index < -0.39 is 34.8 Å². The molecule has 26 heavy (non-hydrogen) atoms. The summed E-state index contributed by atoms with van der Waals surface area (Å²) in [5.74, 6) is -1.83. The van der Waals surface area contributed by atoms with Gasteiger partial charge in [0.2, 0.25) is 0 Å². The minimum atomic E-state index is -4.94. The molecule has 3 rings (SSSR count). The van der Waals surface area contributed by atoms with Gasteiger partial charge in [-0.1, -0.05) is 12.1 Å². The normalized spacial score (nSPS) is 16.3. The molecule has 1 aromatic heterocycles. The number of para-hydroxylation sites is 1. The number of nitrogens with zero attached hydrogens (tertiary/aromatic N) is 3. The number of rotatable bonds is 4. The summed E-state index contributed by atoms with van der Waals surface area (Å²) >= 11 is 0. The minimum Gasteiger partial charge on any atom is -0.444 e. The molecule has 0 bridgehead atoms. The van der Waals surface area contributed by atoms with Gasteiger partial charge in [0.25, 0.3) is 5.91 Å². The Labute approximate surface area is 143 Å². The first-order valence-corrected chi connectivity index (χ1v) is 7.23. The second-order valence-corrected chi connectivity index (χ2v) is 5.32. The van der Waals surface area contributed by atoms with Crippen LogP contribution in [0.25, 0.3) is 0 Å². The summed E-state index contributed by atoms with van der Waals surface area (Å²) in [6.07, 6.45) is -3.79. The minimum absolute atomic E-state index is 0.0306. The molecule has 1 N–H and O–H groups in total. The zero-order chi connectivity index (χ0) is 18.9. The van der Waals surface area contributed by atoms with Crippen molar-refractivity contribution in [3.8, 4) is 11.8 Å². The molecule has 0 radical (unpaired) electrons. The van der Waals surface area contributed by atoms with Crippen molar-refractivity contribution in [2.75, 3.05) is 6.61 Å². The molecule has 12 heteroatoms. The van der Waals surface area contributed by atoms with Crippen molar-refractivity contribution in [2.24, 2.45) is 0 Å². The quantitative estimate of drug-likeness (QED) is 0.648. The van der Waals surface area contributed by atoms with E-state index in [9.17, 15) is 28.1 Å². The number of fused-ring (bicyclic) bond motifs is 1. The van der Waals surface area contributed by atoms with E-state index in [2.05, 4.69) is 15.0 Å². The summed E-state index contributed by atoms with van der Waals surface area (Å²) in [5, 5.41) is 13.2. The Balaban J connectivity index is 1.72. The van der Waals surface area contributed by atoms with Crippen LogP contribution in [0.4, 0.5) is 19.0 Å². The molecule has 0 fully saturated rings. The molecule has 0 unspecified atom stereocenters. The lowest BCUT2D eigenvalue weighted by molar-refractivity contribution is -0.389. The number of carbonyl (C=O) groups excluding carboxylic acids is 1. The number of amides is 1. The Morgan fingerprint density at radius 2 is 2.15 bits per heavy atom. The summed E-state index contributed by atoms with van der Waals surface area (Å²) in [6, 6.07) is 4.32. The average molecular weight is 372 g/mol. The van der Waals surface area contributed by atoms with Crippen LogP contribution in [0.2, 0.25) is 0 Å². The second kappa shape index (κ2) is 6.54. The van der Waals surface area contributed by atoms with Crippen LogP contribution >= 0.6 is 0 Å². The number of hydrogen-bond acceptors (Lipinski definition) is 6. The topological polar surface area (TPSA) is 109 Å².